The number of hydrogen-bond donors (Lipinski definition) is 1. The Kier molecular flexibility index (Phi) is 3.56. The van der Waals surface area contributed by atoms with E-state index in [4.69, 9.17) is 15.2 Å². The van der Waals surface area contributed by atoms with Crippen LogP contribution in [0, 0.1) is 12.8 Å². The van der Waals surface area contributed by atoms with Crippen molar-refractivity contribution in [3.63, 3.8) is 0 Å². The van der Waals surface area contributed by atoms with E-state index in [1.54, 1.807) is 0 Å². The molecule has 3 rings (SSSR count). The Hall–Kier alpha value is -0.970. The molecule has 3 heterocycles. The van der Waals surface area contributed by atoms with Crippen molar-refractivity contribution in [3.8, 4) is 0 Å². The lowest BCUT2D eigenvalue weighted by molar-refractivity contribution is -0.101. The lowest BCUT2D eigenvalue weighted by Gasteiger charge is -2.39. The Morgan fingerprint density at radius 3 is 3.11 bits per heavy atom. The van der Waals surface area contributed by atoms with Crippen LogP contribution in [0.3, 0.4) is 0 Å². The Balaban J connectivity index is 1.74. The van der Waals surface area contributed by atoms with Crippen molar-refractivity contribution < 1.29 is 9.47 Å². The molecule has 104 valence electrons. The third-order valence-electron chi connectivity index (χ3n) is 4.41. The number of nitrogens with zero attached hydrogens (tertiary/aromatic N) is 1. The zero-order valence-electron chi connectivity index (χ0n) is 11.5. The van der Waals surface area contributed by atoms with Crippen LogP contribution in [-0.4, -0.2) is 30.4 Å². The fraction of sp³-hybridized carbons (Fsp3) is 0.667. The summed E-state index contributed by atoms with van der Waals surface area (Å²) in [6.07, 6.45) is 4.89. The molecule has 0 saturated carbocycles. The van der Waals surface area contributed by atoms with Crippen LogP contribution in [0.5, 0.6) is 0 Å². The Morgan fingerprint density at radius 1 is 1.47 bits per heavy atom. The van der Waals surface area contributed by atoms with Gasteiger partial charge in [0, 0.05) is 37.6 Å². The molecule has 2 aliphatic rings. The third kappa shape index (κ3) is 2.66. The van der Waals surface area contributed by atoms with Crippen LogP contribution in [0.1, 0.15) is 36.6 Å². The van der Waals surface area contributed by atoms with E-state index < -0.39 is 0 Å². The topological polar surface area (TPSA) is 57.4 Å². The second-order valence-electron chi connectivity index (χ2n) is 5.84. The summed E-state index contributed by atoms with van der Waals surface area (Å²) in [6, 6.07) is 4.20. The molecule has 2 N–H and O–H groups in total. The minimum absolute atomic E-state index is 0.0669. The van der Waals surface area contributed by atoms with E-state index in [1.807, 2.05) is 19.2 Å². The zero-order valence-corrected chi connectivity index (χ0v) is 11.5. The van der Waals surface area contributed by atoms with Gasteiger partial charge in [-0.05, 0) is 43.4 Å². The molecule has 0 aromatic carbocycles. The first-order valence-corrected chi connectivity index (χ1v) is 7.08. The maximum atomic E-state index is 6.47. The highest BCUT2D eigenvalue weighted by molar-refractivity contribution is 5.20. The Bertz CT molecular complexity index is 444. The zero-order chi connectivity index (χ0) is 13.3. The standard InChI is InChI=1S/C15H22N2O2/c1-11-8-12(2-5-17-11)14(16)13-3-6-19-15(9-13)4-7-18-10-15/h2,5,8,13-14H,3-4,6-7,9-10,16H2,1H3. The van der Waals surface area contributed by atoms with Crippen LogP contribution in [-0.2, 0) is 9.47 Å². The van der Waals surface area contributed by atoms with Crippen LogP contribution >= 0.6 is 0 Å². The number of hydrogen-bond acceptors (Lipinski definition) is 4. The molecular weight excluding hydrogens is 240 g/mol. The lowest BCUT2D eigenvalue weighted by atomic mass is 9.79. The van der Waals surface area contributed by atoms with Crippen molar-refractivity contribution in [1.82, 2.24) is 4.98 Å². The highest BCUT2D eigenvalue weighted by atomic mass is 16.6. The minimum Gasteiger partial charge on any atom is -0.378 e. The van der Waals surface area contributed by atoms with Crippen molar-refractivity contribution in [2.75, 3.05) is 19.8 Å². The molecule has 2 fully saturated rings. The Labute approximate surface area is 114 Å². The maximum absolute atomic E-state index is 6.47. The van der Waals surface area contributed by atoms with Crippen molar-refractivity contribution in [3.05, 3.63) is 29.6 Å². The fourth-order valence-electron chi connectivity index (χ4n) is 3.28. The number of ether oxygens (including phenoxy) is 2. The highest BCUT2D eigenvalue weighted by Gasteiger charge is 2.42. The number of nitrogens with two attached hydrogens (primary N) is 1. The quantitative estimate of drug-likeness (QED) is 0.885. The van der Waals surface area contributed by atoms with E-state index in [0.717, 1.165) is 44.8 Å². The summed E-state index contributed by atoms with van der Waals surface area (Å²) in [5.41, 5.74) is 8.61. The van der Waals surface area contributed by atoms with Gasteiger partial charge in [-0.15, -0.1) is 0 Å². The second-order valence-corrected chi connectivity index (χ2v) is 5.84. The molecule has 0 aliphatic carbocycles. The van der Waals surface area contributed by atoms with Gasteiger partial charge in [0.15, 0.2) is 0 Å². The van der Waals surface area contributed by atoms with E-state index in [2.05, 4.69) is 11.1 Å². The van der Waals surface area contributed by atoms with Crippen LogP contribution in [0.25, 0.3) is 0 Å². The largest absolute Gasteiger partial charge is 0.378 e. The molecule has 19 heavy (non-hydrogen) atoms. The van der Waals surface area contributed by atoms with E-state index in [0.29, 0.717) is 5.92 Å². The third-order valence-corrected chi connectivity index (χ3v) is 4.41. The molecule has 2 saturated heterocycles. The summed E-state index contributed by atoms with van der Waals surface area (Å²) in [7, 11) is 0. The summed E-state index contributed by atoms with van der Waals surface area (Å²) in [5.74, 6) is 0.470. The first kappa shape index (κ1) is 13.0. The summed E-state index contributed by atoms with van der Waals surface area (Å²) in [6.45, 7) is 4.35. The number of aryl methyl sites for hydroxylation is 1. The molecule has 4 heteroatoms. The summed E-state index contributed by atoms with van der Waals surface area (Å²) >= 11 is 0. The molecule has 1 spiro atoms. The van der Waals surface area contributed by atoms with Crippen LogP contribution in [0.4, 0.5) is 0 Å². The van der Waals surface area contributed by atoms with Gasteiger partial charge in [-0.3, -0.25) is 4.98 Å². The molecule has 2 aliphatic heterocycles. The van der Waals surface area contributed by atoms with Crippen molar-refractivity contribution in [1.29, 1.82) is 0 Å². The van der Waals surface area contributed by atoms with Gasteiger partial charge >= 0.3 is 0 Å². The first-order valence-electron chi connectivity index (χ1n) is 7.08. The molecule has 0 radical (unpaired) electrons. The van der Waals surface area contributed by atoms with Crippen LogP contribution in [0.2, 0.25) is 0 Å². The molecule has 0 bridgehead atoms. The van der Waals surface area contributed by atoms with Gasteiger partial charge in [0.05, 0.1) is 12.2 Å². The lowest BCUT2D eigenvalue weighted by Crippen LogP contribution is -2.43. The highest BCUT2D eigenvalue weighted by Crippen LogP contribution is 2.40. The van der Waals surface area contributed by atoms with Gasteiger partial charge in [0.25, 0.3) is 0 Å². The van der Waals surface area contributed by atoms with E-state index in [9.17, 15) is 0 Å². The van der Waals surface area contributed by atoms with E-state index >= 15 is 0 Å². The summed E-state index contributed by atoms with van der Waals surface area (Å²) in [5, 5.41) is 0. The SMILES string of the molecule is Cc1cc(C(N)C2CCOC3(CCOC3)C2)ccn1. The van der Waals surface area contributed by atoms with Gasteiger partial charge in [-0.2, -0.15) is 0 Å². The van der Waals surface area contributed by atoms with Gasteiger partial charge < -0.3 is 15.2 Å². The molecule has 3 atom stereocenters. The predicted molar refractivity (Wildman–Crippen MR) is 72.7 cm³/mol. The fourth-order valence-corrected chi connectivity index (χ4v) is 3.28. The average Bonchev–Trinajstić information content (AvgIpc) is 2.86. The normalized spacial score (nSPS) is 32.6. The van der Waals surface area contributed by atoms with Gasteiger partial charge in [0.1, 0.15) is 0 Å². The maximum Gasteiger partial charge on any atom is 0.0940 e. The van der Waals surface area contributed by atoms with E-state index in [1.165, 1.54) is 5.56 Å². The van der Waals surface area contributed by atoms with Gasteiger partial charge in [-0.25, -0.2) is 0 Å². The minimum atomic E-state index is -0.0669. The predicted octanol–water partition coefficient (Wildman–Crippen LogP) is 1.98. The smallest absolute Gasteiger partial charge is 0.0940 e. The second kappa shape index (κ2) is 5.19. The summed E-state index contributed by atoms with van der Waals surface area (Å²) < 4.78 is 11.5. The van der Waals surface area contributed by atoms with Gasteiger partial charge in [-0.1, -0.05) is 0 Å². The number of aromatic nitrogens is 1. The van der Waals surface area contributed by atoms with Crippen LogP contribution in [0.15, 0.2) is 18.3 Å². The molecule has 1 aromatic rings. The summed E-state index contributed by atoms with van der Waals surface area (Å²) in [4.78, 5) is 4.24. The Morgan fingerprint density at radius 2 is 2.37 bits per heavy atom. The molecular formula is C15H22N2O2. The first-order chi connectivity index (χ1) is 9.19. The molecule has 3 unspecified atom stereocenters. The monoisotopic (exact) mass is 262 g/mol. The number of pyridine rings is 1. The molecule has 1 aromatic heterocycles. The number of rotatable bonds is 2. The van der Waals surface area contributed by atoms with Crippen molar-refractivity contribution >= 4 is 0 Å². The average molecular weight is 262 g/mol. The van der Waals surface area contributed by atoms with Gasteiger partial charge in [0.2, 0.25) is 0 Å². The van der Waals surface area contributed by atoms with Crippen LogP contribution < -0.4 is 5.73 Å². The van der Waals surface area contributed by atoms with E-state index in [-0.39, 0.29) is 11.6 Å². The molecule has 4 nitrogen and oxygen atoms in total. The van der Waals surface area contributed by atoms with Crippen molar-refractivity contribution in [2.45, 2.75) is 37.8 Å². The molecule has 0 amide bonds. The van der Waals surface area contributed by atoms with Crippen molar-refractivity contribution in [2.24, 2.45) is 11.7 Å².